The van der Waals surface area contributed by atoms with Crippen molar-refractivity contribution in [3.63, 3.8) is 0 Å². The van der Waals surface area contributed by atoms with Crippen LogP contribution in [0.15, 0.2) is 29.3 Å². The highest BCUT2D eigenvalue weighted by Gasteiger charge is 2.22. The summed E-state index contributed by atoms with van der Waals surface area (Å²) in [6, 6.07) is 7.08. The number of anilines is 1. The molecule has 3 rings (SSSR count). The topological polar surface area (TPSA) is 79.6 Å². The van der Waals surface area contributed by atoms with Gasteiger partial charge in [0.05, 0.1) is 12.2 Å². The van der Waals surface area contributed by atoms with Crippen molar-refractivity contribution in [2.45, 2.75) is 38.5 Å². The molecule has 0 fully saturated rings. The van der Waals surface area contributed by atoms with Crippen LogP contribution in [0.2, 0.25) is 0 Å². The Morgan fingerprint density at radius 1 is 1.40 bits per heavy atom. The SMILES string of the molecule is CN=C(NCCCN(C)c1ccccc1F)NC1CCc2nc(COC)nn2C1.I. The molecule has 10 heteroatoms. The van der Waals surface area contributed by atoms with Gasteiger partial charge in [0.25, 0.3) is 0 Å². The van der Waals surface area contributed by atoms with Crippen molar-refractivity contribution in [2.75, 3.05) is 39.2 Å². The third kappa shape index (κ3) is 6.53. The molecule has 1 atom stereocenters. The average molecular weight is 531 g/mol. The van der Waals surface area contributed by atoms with Gasteiger partial charge < -0.3 is 20.3 Å². The Kier molecular flexibility index (Phi) is 9.76. The fraction of sp³-hybridized carbons (Fsp3) is 0.550. The number of para-hydroxylation sites is 1. The van der Waals surface area contributed by atoms with Crippen LogP contribution in [-0.2, 0) is 24.3 Å². The maximum Gasteiger partial charge on any atom is 0.191 e. The predicted molar refractivity (Wildman–Crippen MR) is 127 cm³/mol. The van der Waals surface area contributed by atoms with E-state index >= 15 is 0 Å². The van der Waals surface area contributed by atoms with Gasteiger partial charge >= 0.3 is 0 Å². The second-order valence-electron chi connectivity index (χ2n) is 7.16. The first kappa shape index (κ1) is 24.3. The zero-order chi connectivity index (χ0) is 20.6. The van der Waals surface area contributed by atoms with E-state index in [4.69, 9.17) is 4.74 Å². The van der Waals surface area contributed by atoms with E-state index in [0.29, 0.717) is 12.3 Å². The molecule has 2 heterocycles. The number of methoxy groups -OCH3 is 1. The molecule has 0 radical (unpaired) electrons. The Bertz CT molecular complexity index is 829. The van der Waals surface area contributed by atoms with Crippen LogP contribution in [0.25, 0.3) is 0 Å². The fourth-order valence-electron chi connectivity index (χ4n) is 3.46. The molecule has 1 aliphatic heterocycles. The number of hydrogen-bond donors (Lipinski definition) is 2. The Labute approximate surface area is 194 Å². The van der Waals surface area contributed by atoms with Crippen LogP contribution in [0.3, 0.4) is 0 Å². The van der Waals surface area contributed by atoms with E-state index in [1.165, 1.54) is 6.07 Å². The van der Waals surface area contributed by atoms with Crippen molar-refractivity contribution >= 4 is 35.6 Å². The summed E-state index contributed by atoms with van der Waals surface area (Å²) in [6.45, 7) is 2.68. The lowest BCUT2D eigenvalue weighted by atomic mass is 10.1. The second-order valence-corrected chi connectivity index (χ2v) is 7.16. The van der Waals surface area contributed by atoms with E-state index in [0.717, 1.165) is 56.5 Å². The molecule has 2 N–H and O–H groups in total. The first-order chi connectivity index (χ1) is 14.1. The van der Waals surface area contributed by atoms with Gasteiger partial charge in [-0.3, -0.25) is 4.99 Å². The zero-order valence-electron chi connectivity index (χ0n) is 17.8. The average Bonchev–Trinajstić information content (AvgIpc) is 3.12. The number of fused-ring (bicyclic) bond motifs is 1. The number of benzene rings is 1. The highest BCUT2D eigenvalue weighted by molar-refractivity contribution is 14.0. The number of rotatable bonds is 8. The summed E-state index contributed by atoms with van der Waals surface area (Å²) in [5, 5.41) is 11.3. The van der Waals surface area contributed by atoms with Gasteiger partial charge in [-0.05, 0) is 25.0 Å². The lowest BCUT2D eigenvalue weighted by molar-refractivity contribution is 0.177. The Morgan fingerprint density at radius 2 is 2.20 bits per heavy atom. The molecule has 1 aromatic heterocycles. The molecular formula is C20H31FIN7O. The van der Waals surface area contributed by atoms with Crippen molar-refractivity contribution in [2.24, 2.45) is 4.99 Å². The van der Waals surface area contributed by atoms with Crippen LogP contribution in [0.1, 0.15) is 24.5 Å². The molecule has 30 heavy (non-hydrogen) atoms. The van der Waals surface area contributed by atoms with Crippen LogP contribution in [0.5, 0.6) is 0 Å². The third-order valence-corrected chi connectivity index (χ3v) is 4.97. The van der Waals surface area contributed by atoms with Crippen LogP contribution >= 0.6 is 24.0 Å². The normalized spacial score (nSPS) is 15.9. The standard InChI is InChI=1S/C20H30FN7O.HI/c1-22-20(23-11-6-12-27(2)17-8-5-4-7-16(17)21)24-15-9-10-19-25-18(14-29-3)26-28(19)13-15;/h4-5,7-8,15H,6,9-14H2,1-3H3,(H2,22,23,24);1H. The molecule has 0 saturated heterocycles. The maximum absolute atomic E-state index is 13.8. The van der Waals surface area contributed by atoms with E-state index in [1.807, 2.05) is 22.7 Å². The number of nitrogens with zero attached hydrogens (tertiary/aromatic N) is 5. The van der Waals surface area contributed by atoms with Gasteiger partial charge in [0.15, 0.2) is 11.8 Å². The predicted octanol–water partition coefficient (Wildman–Crippen LogP) is 2.19. The Hall–Kier alpha value is -1.95. The Balaban J connectivity index is 0.00000320. The monoisotopic (exact) mass is 531 g/mol. The van der Waals surface area contributed by atoms with Gasteiger partial charge in [0.2, 0.25) is 0 Å². The number of aryl methyl sites for hydroxylation is 1. The number of nitrogens with one attached hydrogen (secondary N) is 2. The first-order valence-electron chi connectivity index (χ1n) is 9.95. The van der Waals surface area contributed by atoms with Gasteiger partial charge in [-0.1, -0.05) is 12.1 Å². The van der Waals surface area contributed by atoms with Gasteiger partial charge in [-0.15, -0.1) is 24.0 Å². The lowest BCUT2D eigenvalue weighted by Gasteiger charge is -2.25. The largest absolute Gasteiger partial charge is 0.377 e. The molecule has 2 aromatic rings. The van der Waals surface area contributed by atoms with E-state index in [9.17, 15) is 4.39 Å². The molecule has 0 saturated carbocycles. The van der Waals surface area contributed by atoms with Crippen molar-refractivity contribution in [1.29, 1.82) is 0 Å². The molecule has 1 aliphatic rings. The number of guanidine groups is 1. The number of halogens is 2. The maximum atomic E-state index is 13.8. The molecule has 0 bridgehead atoms. The molecule has 0 spiro atoms. The zero-order valence-corrected chi connectivity index (χ0v) is 20.1. The van der Waals surface area contributed by atoms with Crippen molar-refractivity contribution in [3.05, 3.63) is 41.7 Å². The minimum atomic E-state index is -0.195. The van der Waals surface area contributed by atoms with Gasteiger partial charge in [-0.2, -0.15) is 5.10 Å². The minimum absolute atomic E-state index is 0. The summed E-state index contributed by atoms with van der Waals surface area (Å²) < 4.78 is 20.9. The number of hydrogen-bond acceptors (Lipinski definition) is 5. The van der Waals surface area contributed by atoms with Crippen LogP contribution in [0.4, 0.5) is 10.1 Å². The van der Waals surface area contributed by atoms with Gasteiger partial charge in [0, 0.05) is 46.8 Å². The molecule has 0 amide bonds. The summed E-state index contributed by atoms with van der Waals surface area (Å²) in [7, 11) is 5.32. The summed E-state index contributed by atoms with van der Waals surface area (Å²) in [5.74, 6) is 2.31. The van der Waals surface area contributed by atoms with Crippen LogP contribution in [-0.4, -0.2) is 61.1 Å². The minimum Gasteiger partial charge on any atom is -0.377 e. The fourth-order valence-corrected chi connectivity index (χ4v) is 3.46. The molecular weight excluding hydrogens is 500 g/mol. The molecule has 0 aliphatic carbocycles. The number of aliphatic imine (C=N–C) groups is 1. The molecule has 166 valence electrons. The smallest absolute Gasteiger partial charge is 0.191 e. The first-order valence-corrected chi connectivity index (χ1v) is 9.95. The molecule has 1 aromatic carbocycles. The van der Waals surface area contributed by atoms with Gasteiger partial charge in [-0.25, -0.2) is 14.1 Å². The lowest BCUT2D eigenvalue weighted by Crippen LogP contribution is -2.47. The van der Waals surface area contributed by atoms with E-state index < -0.39 is 0 Å². The van der Waals surface area contributed by atoms with E-state index in [1.54, 1.807) is 26.3 Å². The van der Waals surface area contributed by atoms with Crippen molar-refractivity contribution in [3.8, 4) is 0 Å². The summed E-state index contributed by atoms with van der Waals surface area (Å²) in [4.78, 5) is 10.8. The van der Waals surface area contributed by atoms with E-state index in [-0.39, 0.29) is 35.8 Å². The highest BCUT2D eigenvalue weighted by atomic mass is 127. The second kappa shape index (κ2) is 12.0. The summed E-state index contributed by atoms with van der Waals surface area (Å²) >= 11 is 0. The quantitative estimate of drug-likeness (QED) is 0.236. The van der Waals surface area contributed by atoms with Crippen molar-refractivity contribution < 1.29 is 9.13 Å². The highest BCUT2D eigenvalue weighted by Crippen LogP contribution is 2.17. The van der Waals surface area contributed by atoms with Crippen molar-refractivity contribution in [1.82, 2.24) is 25.4 Å². The summed E-state index contributed by atoms with van der Waals surface area (Å²) in [5.41, 5.74) is 0.619. The van der Waals surface area contributed by atoms with Crippen LogP contribution in [0, 0.1) is 5.82 Å². The van der Waals surface area contributed by atoms with E-state index in [2.05, 4.69) is 25.7 Å². The molecule has 8 nitrogen and oxygen atoms in total. The summed E-state index contributed by atoms with van der Waals surface area (Å²) in [6.07, 6.45) is 2.71. The number of ether oxygens (including phenoxy) is 1. The number of aromatic nitrogens is 3. The van der Waals surface area contributed by atoms with Crippen LogP contribution < -0.4 is 15.5 Å². The van der Waals surface area contributed by atoms with Gasteiger partial charge in [0.1, 0.15) is 18.2 Å². The Morgan fingerprint density at radius 3 is 2.93 bits per heavy atom. The molecule has 1 unspecified atom stereocenters. The third-order valence-electron chi connectivity index (χ3n) is 4.97.